The van der Waals surface area contributed by atoms with Crippen LogP contribution >= 0.6 is 12.8 Å². The third kappa shape index (κ3) is 4.13. The van der Waals surface area contributed by atoms with Crippen LogP contribution in [0.25, 0.3) is 10.8 Å². The van der Waals surface area contributed by atoms with E-state index < -0.39 is 0 Å². The molecule has 3 aromatic rings. The molecule has 1 aliphatic heterocycles. The molecule has 4 rings (SSSR count). The Hall–Kier alpha value is -3.24. The van der Waals surface area contributed by atoms with Crippen LogP contribution in [0, 0.1) is 11.3 Å². The molecule has 1 N–H and O–H groups in total. The second-order valence-corrected chi connectivity index (χ2v) is 7.47. The fourth-order valence-corrected chi connectivity index (χ4v) is 3.97. The fourth-order valence-electron chi connectivity index (χ4n) is 3.69. The van der Waals surface area contributed by atoms with Crippen molar-refractivity contribution in [3.8, 4) is 6.07 Å². The highest BCUT2D eigenvalue weighted by Gasteiger charge is 2.27. The summed E-state index contributed by atoms with van der Waals surface area (Å²) in [7, 11) is 0. The van der Waals surface area contributed by atoms with E-state index in [4.69, 9.17) is 5.26 Å². The van der Waals surface area contributed by atoms with E-state index in [0.29, 0.717) is 11.3 Å². The van der Waals surface area contributed by atoms with Crippen molar-refractivity contribution in [3.05, 3.63) is 66.4 Å². The van der Waals surface area contributed by atoms with Crippen molar-refractivity contribution >= 4 is 41.1 Å². The average Bonchev–Trinajstić information content (AvgIpc) is 2.78. The van der Waals surface area contributed by atoms with Gasteiger partial charge in [0.15, 0.2) is 0 Å². The molecule has 0 saturated carbocycles. The first kappa shape index (κ1) is 19.1. The Bertz CT molecular complexity index is 1070. The molecule has 1 aliphatic rings. The predicted molar refractivity (Wildman–Crippen MR) is 118 cm³/mol. The number of nitrogens with zero attached hydrogens (tertiary/aromatic N) is 4. The SMILES string of the molecule is N#Cc1cccc(NC(=O)N(S)C2CCN(c3nccc4ccccc34)CC2)c1. The van der Waals surface area contributed by atoms with Gasteiger partial charge in [0, 0.05) is 36.4 Å². The molecular weight excluding hydrogens is 382 g/mol. The maximum absolute atomic E-state index is 12.6. The minimum Gasteiger partial charge on any atom is -0.356 e. The molecule has 0 unspecified atom stereocenters. The van der Waals surface area contributed by atoms with Gasteiger partial charge in [0.2, 0.25) is 0 Å². The number of hydrogen-bond acceptors (Lipinski definition) is 5. The highest BCUT2D eigenvalue weighted by molar-refractivity contribution is 7.78. The number of nitriles is 1. The van der Waals surface area contributed by atoms with E-state index in [1.54, 1.807) is 24.3 Å². The molecule has 1 aromatic heterocycles. The molecule has 2 aromatic carbocycles. The number of amides is 2. The van der Waals surface area contributed by atoms with Gasteiger partial charge in [0.05, 0.1) is 11.6 Å². The van der Waals surface area contributed by atoms with Crippen molar-refractivity contribution in [1.29, 1.82) is 5.26 Å². The van der Waals surface area contributed by atoms with E-state index in [0.717, 1.165) is 37.1 Å². The largest absolute Gasteiger partial charge is 0.356 e. The summed E-state index contributed by atoms with van der Waals surface area (Å²) in [6, 6.07) is 18.9. The van der Waals surface area contributed by atoms with Crippen LogP contribution < -0.4 is 10.2 Å². The Morgan fingerprint density at radius 3 is 2.76 bits per heavy atom. The van der Waals surface area contributed by atoms with Gasteiger partial charge in [-0.25, -0.2) is 9.78 Å². The molecule has 29 heavy (non-hydrogen) atoms. The smallest absolute Gasteiger partial charge is 0.331 e. The molecule has 0 bridgehead atoms. The monoisotopic (exact) mass is 403 g/mol. The standard InChI is InChI=1S/C22H21N5OS/c23-15-16-4-3-6-18(14-16)25-22(28)27(29)19-9-12-26(13-10-19)21-20-7-2-1-5-17(20)8-11-24-21/h1-8,11,14,19,29H,9-10,12-13H2,(H,25,28). The Balaban J connectivity index is 1.40. The van der Waals surface area contributed by atoms with Gasteiger partial charge < -0.3 is 10.2 Å². The summed E-state index contributed by atoms with van der Waals surface area (Å²) in [5.74, 6) is 0.991. The van der Waals surface area contributed by atoms with Crippen molar-refractivity contribution in [2.75, 3.05) is 23.3 Å². The molecule has 0 aliphatic carbocycles. The normalized spacial score (nSPS) is 14.4. The number of aromatic nitrogens is 1. The number of fused-ring (bicyclic) bond motifs is 1. The maximum atomic E-state index is 12.6. The van der Waals surface area contributed by atoms with Crippen molar-refractivity contribution < 1.29 is 4.79 Å². The number of nitrogens with one attached hydrogen (secondary N) is 1. The molecular formula is C22H21N5OS. The van der Waals surface area contributed by atoms with Crippen LogP contribution in [-0.2, 0) is 0 Å². The molecule has 1 fully saturated rings. The lowest BCUT2D eigenvalue weighted by atomic mass is 10.0. The van der Waals surface area contributed by atoms with Crippen molar-refractivity contribution in [2.45, 2.75) is 18.9 Å². The number of carbonyl (C=O) groups is 1. The summed E-state index contributed by atoms with van der Waals surface area (Å²) in [6.07, 6.45) is 3.46. The quantitative estimate of drug-likeness (QED) is 0.634. The maximum Gasteiger partial charge on any atom is 0.331 e. The van der Waals surface area contributed by atoms with Crippen LogP contribution in [0.2, 0.25) is 0 Å². The summed E-state index contributed by atoms with van der Waals surface area (Å²) in [6.45, 7) is 1.61. The lowest BCUT2D eigenvalue weighted by Gasteiger charge is -2.36. The summed E-state index contributed by atoms with van der Waals surface area (Å²) < 4.78 is 1.47. The van der Waals surface area contributed by atoms with Crippen LogP contribution in [0.1, 0.15) is 18.4 Å². The zero-order valence-corrected chi connectivity index (χ0v) is 16.7. The first-order chi connectivity index (χ1) is 14.2. The van der Waals surface area contributed by atoms with E-state index in [-0.39, 0.29) is 12.1 Å². The van der Waals surface area contributed by atoms with Gasteiger partial charge in [-0.1, -0.05) is 43.1 Å². The second kappa shape index (κ2) is 8.41. The molecule has 0 radical (unpaired) electrons. The highest BCUT2D eigenvalue weighted by Crippen LogP contribution is 2.28. The number of benzene rings is 2. The van der Waals surface area contributed by atoms with Crippen molar-refractivity contribution in [2.24, 2.45) is 0 Å². The van der Waals surface area contributed by atoms with Crippen LogP contribution in [0.15, 0.2) is 60.8 Å². The number of carbonyl (C=O) groups excluding carboxylic acids is 1. The number of rotatable bonds is 3. The van der Waals surface area contributed by atoms with Gasteiger partial charge in [-0.15, -0.1) is 0 Å². The fraction of sp³-hybridized carbons (Fsp3) is 0.227. The van der Waals surface area contributed by atoms with Gasteiger partial charge in [0.1, 0.15) is 5.82 Å². The Morgan fingerprint density at radius 2 is 1.97 bits per heavy atom. The van der Waals surface area contributed by atoms with Gasteiger partial charge in [-0.2, -0.15) is 5.26 Å². The molecule has 2 amide bonds. The highest BCUT2D eigenvalue weighted by atomic mass is 32.1. The van der Waals surface area contributed by atoms with Gasteiger partial charge in [0.25, 0.3) is 0 Å². The Morgan fingerprint density at radius 1 is 1.17 bits per heavy atom. The zero-order valence-electron chi connectivity index (χ0n) is 15.8. The minimum absolute atomic E-state index is 0.0312. The molecule has 146 valence electrons. The van der Waals surface area contributed by atoms with Crippen LogP contribution in [0.5, 0.6) is 0 Å². The number of piperidine rings is 1. The topological polar surface area (TPSA) is 72.3 Å². The molecule has 1 saturated heterocycles. The number of pyridine rings is 1. The summed E-state index contributed by atoms with van der Waals surface area (Å²) >= 11 is 4.45. The van der Waals surface area contributed by atoms with E-state index >= 15 is 0 Å². The lowest BCUT2D eigenvalue weighted by molar-refractivity contribution is 0.223. The zero-order chi connectivity index (χ0) is 20.2. The third-order valence-corrected chi connectivity index (χ3v) is 5.72. The second-order valence-electron chi connectivity index (χ2n) is 7.04. The van der Waals surface area contributed by atoms with Crippen molar-refractivity contribution in [1.82, 2.24) is 9.29 Å². The van der Waals surface area contributed by atoms with E-state index in [1.807, 2.05) is 24.4 Å². The van der Waals surface area contributed by atoms with E-state index in [2.05, 4.69) is 46.2 Å². The predicted octanol–water partition coefficient (Wildman–Crippen LogP) is 4.45. The Labute approximate surface area is 175 Å². The number of anilines is 2. The molecule has 7 heteroatoms. The summed E-state index contributed by atoms with van der Waals surface area (Å²) in [5.41, 5.74) is 1.09. The van der Waals surface area contributed by atoms with Crippen LogP contribution in [0.3, 0.4) is 0 Å². The average molecular weight is 404 g/mol. The minimum atomic E-state index is -0.287. The van der Waals surface area contributed by atoms with Crippen LogP contribution in [0.4, 0.5) is 16.3 Å². The van der Waals surface area contributed by atoms with Gasteiger partial charge in [-0.3, -0.25) is 4.31 Å². The van der Waals surface area contributed by atoms with Crippen LogP contribution in [-0.4, -0.2) is 34.5 Å². The van der Waals surface area contributed by atoms with E-state index in [1.165, 1.54) is 9.69 Å². The van der Waals surface area contributed by atoms with Gasteiger partial charge >= 0.3 is 6.03 Å². The third-order valence-electron chi connectivity index (χ3n) is 5.21. The number of urea groups is 1. The van der Waals surface area contributed by atoms with E-state index in [9.17, 15) is 4.79 Å². The lowest BCUT2D eigenvalue weighted by Crippen LogP contribution is -2.45. The van der Waals surface area contributed by atoms with Crippen molar-refractivity contribution in [3.63, 3.8) is 0 Å². The first-order valence-corrected chi connectivity index (χ1v) is 9.93. The first-order valence-electron chi connectivity index (χ1n) is 9.53. The molecule has 6 nitrogen and oxygen atoms in total. The molecule has 0 spiro atoms. The number of hydrogen-bond donors (Lipinski definition) is 2. The number of thiol groups is 1. The molecule has 2 heterocycles. The summed E-state index contributed by atoms with van der Waals surface area (Å²) in [5, 5.41) is 14.1. The Kier molecular flexibility index (Phi) is 5.54. The molecule has 0 atom stereocenters. The van der Waals surface area contributed by atoms with Gasteiger partial charge in [-0.05, 0) is 42.5 Å². The summed E-state index contributed by atoms with van der Waals surface area (Å²) in [4.78, 5) is 19.4.